The second-order valence-corrected chi connectivity index (χ2v) is 7.49. The van der Waals surface area contributed by atoms with Gasteiger partial charge in [-0.1, -0.05) is 0 Å². The van der Waals surface area contributed by atoms with Gasteiger partial charge in [0.25, 0.3) is 5.56 Å². The number of hydrogen-bond acceptors (Lipinski definition) is 6. The van der Waals surface area contributed by atoms with Gasteiger partial charge in [0.1, 0.15) is 4.83 Å². The number of aromatic carboxylic acids is 1. The Bertz CT molecular complexity index is 970. The first-order chi connectivity index (χ1) is 11.1. The number of fused-ring (bicyclic) bond motifs is 3. The van der Waals surface area contributed by atoms with Crippen molar-refractivity contribution in [2.24, 2.45) is 0 Å². The number of carbonyl (C=O) groups is 1. The van der Waals surface area contributed by atoms with Crippen molar-refractivity contribution >= 4 is 38.9 Å². The van der Waals surface area contributed by atoms with Crippen LogP contribution in [0.25, 0.3) is 10.2 Å². The number of hydrogen-bond donors (Lipinski definition) is 1. The molecule has 0 saturated heterocycles. The fourth-order valence-corrected chi connectivity index (χ4v) is 4.90. The molecule has 0 atom stereocenters. The lowest BCUT2D eigenvalue weighted by atomic mass is 10.2. The highest BCUT2D eigenvalue weighted by atomic mass is 32.1. The van der Waals surface area contributed by atoms with Gasteiger partial charge in [-0.3, -0.25) is 9.36 Å². The number of carboxylic acids is 1. The second-order valence-electron chi connectivity index (χ2n) is 5.46. The van der Waals surface area contributed by atoms with E-state index in [2.05, 4.69) is 9.97 Å². The van der Waals surface area contributed by atoms with Gasteiger partial charge in [-0.2, -0.15) is 0 Å². The molecule has 23 heavy (non-hydrogen) atoms. The van der Waals surface area contributed by atoms with Crippen molar-refractivity contribution in [1.82, 2.24) is 14.5 Å². The minimum absolute atomic E-state index is 0.00409. The first-order valence-electron chi connectivity index (χ1n) is 7.31. The predicted molar refractivity (Wildman–Crippen MR) is 88.7 cm³/mol. The molecule has 0 aromatic carbocycles. The summed E-state index contributed by atoms with van der Waals surface area (Å²) in [5.41, 5.74) is 1.24. The Balaban J connectivity index is 1.63. The van der Waals surface area contributed by atoms with Gasteiger partial charge in [-0.25, -0.2) is 14.8 Å². The number of aromatic nitrogens is 3. The van der Waals surface area contributed by atoms with Gasteiger partial charge in [0, 0.05) is 23.2 Å². The van der Waals surface area contributed by atoms with Crippen LogP contribution in [-0.4, -0.2) is 25.6 Å². The molecule has 3 aromatic heterocycles. The zero-order valence-electron chi connectivity index (χ0n) is 12.1. The molecule has 0 saturated carbocycles. The van der Waals surface area contributed by atoms with Crippen LogP contribution in [0, 0.1) is 0 Å². The van der Waals surface area contributed by atoms with Gasteiger partial charge < -0.3 is 5.11 Å². The van der Waals surface area contributed by atoms with Crippen molar-refractivity contribution in [2.75, 3.05) is 0 Å². The molecule has 0 radical (unpaired) electrons. The molecule has 1 aliphatic rings. The Labute approximate surface area is 139 Å². The lowest BCUT2D eigenvalue weighted by Gasteiger charge is -2.04. The standard InChI is InChI=1S/C15H13N3O3S2/c19-14-12-8-2-1-3-10(8)23-13(12)16-7-18(14)5-4-11-17-9(6-22-11)15(20)21/h6-7H,1-5H2,(H,20,21). The molecule has 0 fully saturated rings. The molecular formula is C15H13N3O3S2. The highest BCUT2D eigenvalue weighted by Gasteiger charge is 2.21. The monoisotopic (exact) mass is 347 g/mol. The van der Waals surface area contributed by atoms with Crippen LogP contribution in [-0.2, 0) is 25.8 Å². The van der Waals surface area contributed by atoms with E-state index in [0.717, 1.165) is 29.5 Å². The van der Waals surface area contributed by atoms with Crippen LogP contribution in [0.3, 0.4) is 0 Å². The van der Waals surface area contributed by atoms with Gasteiger partial charge >= 0.3 is 5.97 Å². The van der Waals surface area contributed by atoms with Crippen molar-refractivity contribution in [2.45, 2.75) is 32.2 Å². The predicted octanol–water partition coefficient (Wildman–Crippen LogP) is 2.34. The van der Waals surface area contributed by atoms with E-state index in [-0.39, 0.29) is 11.3 Å². The largest absolute Gasteiger partial charge is 0.476 e. The lowest BCUT2D eigenvalue weighted by Crippen LogP contribution is -2.21. The van der Waals surface area contributed by atoms with Crippen molar-refractivity contribution in [3.63, 3.8) is 0 Å². The van der Waals surface area contributed by atoms with E-state index in [0.29, 0.717) is 18.0 Å². The molecule has 0 aliphatic heterocycles. The maximum absolute atomic E-state index is 12.7. The molecule has 3 heterocycles. The minimum Gasteiger partial charge on any atom is -0.476 e. The van der Waals surface area contributed by atoms with Gasteiger partial charge in [0.05, 0.1) is 16.7 Å². The fraction of sp³-hybridized carbons (Fsp3) is 0.333. The van der Waals surface area contributed by atoms with E-state index in [1.165, 1.54) is 27.2 Å². The SMILES string of the molecule is O=C(O)c1csc(CCn2cnc3sc4c(c3c2=O)CCC4)n1. The number of carboxylic acid groups (broad SMARTS) is 1. The molecule has 6 nitrogen and oxygen atoms in total. The Morgan fingerprint density at radius 2 is 2.26 bits per heavy atom. The molecule has 1 N–H and O–H groups in total. The number of nitrogens with zero attached hydrogens (tertiary/aromatic N) is 3. The van der Waals surface area contributed by atoms with Gasteiger partial charge in [0.2, 0.25) is 0 Å². The summed E-state index contributed by atoms with van der Waals surface area (Å²) < 4.78 is 1.61. The normalized spacial score (nSPS) is 13.6. The van der Waals surface area contributed by atoms with Gasteiger partial charge in [0.15, 0.2) is 5.69 Å². The maximum Gasteiger partial charge on any atom is 0.355 e. The average molecular weight is 347 g/mol. The maximum atomic E-state index is 12.7. The third-order valence-corrected chi connectivity index (χ3v) is 6.14. The number of thiophene rings is 1. The Kier molecular flexibility index (Phi) is 3.50. The fourth-order valence-electron chi connectivity index (χ4n) is 2.92. The van der Waals surface area contributed by atoms with Crippen LogP contribution in [0.2, 0.25) is 0 Å². The number of rotatable bonds is 4. The molecule has 0 amide bonds. The lowest BCUT2D eigenvalue weighted by molar-refractivity contribution is 0.0691. The van der Waals surface area contributed by atoms with E-state index in [4.69, 9.17) is 5.11 Å². The average Bonchev–Trinajstić information content (AvgIpc) is 3.21. The zero-order valence-corrected chi connectivity index (χ0v) is 13.7. The van der Waals surface area contributed by atoms with Crippen LogP contribution < -0.4 is 5.56 Å². The smallest absolute Gasteiger partial charge is 0.355 e. The van der Waals surface area contributed by atoms with Crippen LogP contribution >= 0.6 is 22.7 Å². The first-order valence-corrected chi connectivity index (χ1v) is 9.00. The summed E-state index contributed by atoms with van der Waals surface area (Å²) in [6.45, 7) is 0.457. The third kappa shape index (κ3) is 2.47. The molecular weight excluding hydrogens is 334 g/mol. The molecule has 8 heteroatoms. The Hall–Kier alpha value is -2.06. The van der Waals surface area contributed by atoms with E-state index >= 15 is 0 Å². The van der Waals surface area contributed by atoms with Crippen LogP contribution in [0.5, 0.6) is 0 Å². The van der Waals surface area contributed by atoms with Gasteiger partial charge in [-0.05, 0) is 24.8 Å². The molecule has 0 spiro atoms. The highest BCUT2D eigenvalue weighted by molar-refractivity contribution is 7.18. The van der Waals surface area contributed by atoms with Crippen molar-refractivity contribution in [3.8, 4) is 0 Å². The van der Waals surface area contributed by atoms with E-state index in [1.54, 1.807) is 22.2 Å². The molecule has 0 bridgehead atoms. The van der Waals surface area contributed by atoms with Crippen LogP contribution in [0.1, 0.15) is 32.4 Å². The molecule has 1 aliphatic carbocycles. The summed E-state index contributed by atoms with van der Waals surface area (Å²) >= 11 is 2.93. The van der Waals surface area contributed by atoms with Crippen molar-refractivity contribution in [3.05, 3.63) is 43.2 Å². The number of aryl methyl sites for hydroxylation is 4. The minimum atomic E-state index is -1.03. The number of thiazole rings is 1. The molecule has 4 rings (SSSR count). The van der Waals surface area contributed by atoms with Crippen molar-refractivity contribution < 1.29 is 9.90 Å². The molecule has 3 aromatic rings. The van der Waals surface area contributed by atoms with Gasteiger partial charge in [-0.15, -0.1) is 22.7 Å². The Morgan fingerprint density at radius 1 is 1.39 bits per heavy atom. The van der Waals surface area contributed by atoms with Crippen LogP contribution in [0.15, 0.2) is 16.5 Å². The summed E-state index contributed by atoms with van der Waals surface area (Å²) in [4.78, 5) is 34.2. The Morgan fingerprint density at radius 3 is 3.04 bits per heavy atom. The highest BCUT2D eigenvalue weighted by Crippen LogP contribution is 2.34. The quantitative estimate of drug-likeness (QED) is 0.783. The summed E-state index contributed by atoms with van der Waals surface area (Å²) in [7, 11) is 0. The zero-order chi connectivity index (χ0) is 16.0. The molecule has 0 unspecified atom stereocenters. The second kappa shape index (κ2) is 5.54. The third-order valence-electron chi connectivity index (χ3n) is 4.03. The summed E-state index contributed by atoms with van der Waals surface area (Å²) in [5.74, 6) is -1.03. The molecule has 118 valence electrons. The van der Waals surface area contributed by atoms with Crippen LogP contribution in [0.4, 0.5) is 0 Å². The summed E-state index contributed by atoms with van der Waals surface area (Å²) in [6, 6.07) is 0. The van der Waals surface area contributed by atoms with Crippen molar-refractivity contribution in [1.29, 1.82) is 0 Å². The van der Waals surface area contributed by atoms with E-state index in [1.807, 2.05) is 0 Å². The topological polar surface area (TPSA) is 85.1 Å². The van der Waals surface area contributed by atoms with E-state index < -0.39 is 5.97 Å². The summed E-state index contributed by atoms with van der Waals surface area (Å²) in [6.07, 6.45) is 5.24. The first kappa shape index (κ1) is 14.5. The summed E-state index contributed by atoms with van der Waals surface area (Å²) in [5, 5.41) is 11.9. The van der Waals surface area contributed by atoms with E-state index in [9.17, 15) is 9.59 Å².